The highest BCUT2D eigenvalue weighted by Gasteiger charge is 2.65. The van der Waals surface area contributed by atoms with E-state index in [4.69, 9.17) is 4.74 Å². The van der Waals surface area contributed by atoms with Crippen molar-refractivity contribution in [3.63, 3.8) is 0 Å². The molecule has 2 atom stereocenters. The van der Waals surface area contributed by atoms with Gasteiger partial charge in [0.15, 0.2) is 11.4 Å². The Morgan fingerprint density at radius 3 is 2.59 bits per heavy atom. The van der Waals surface area contributed by atoms with Gasteiger partial charge in [0.2, 0.25) is 0 Å². The van der Waals surface area contributed by atoms with Gasteiger partial charge in [0.05, 0.1) is 12.7 Å². The molecular formula is C18H14O4. The monoisotopic (exact) mass is 294 g/mol. The van der Waals surface area contributed by atoms with Gasteiger partial charge in [-0.1, -0.05) is 36.4 Å². The molecule has 22 heavy (non-hydrogen) atoms. The fourth-order valence-corrected chi connectivity index (χ4v) is 3.22. The fourth-order valence-electron chi connectivity index (χ4n) is 3.22. The number of methoxy groups -OCH3 is 1. The third kappa shape index (κ3) is 1.74. The van der Waals surface area contributed by atoms with Crippen molar-refractivity contribution in [1.82, 2.24) is 0 Å². The van der Waals surface area contributed by atoms with E-state index in [9.17, 15) is 9.59 Å². The first kappa shape index (κ1) is 13.2. The van der Waals surface area contributed by atoms with E-state index in [0.29, 0.717) is 12.0 Å². The van der Waals surface area contributed by atoms with Gasteiger partial charge in [-0.05, 0) is 23.3 Å². The third-order valence-electron chi connectivity index (χ3n) is 4.43. The van der Waals surface area contributed by atoms with Crippen LogP contribution in [0, 0.1) is 0 Å². The molecule has 0 N–H and O–H groups in total. The molecule has 0 amide bonds. The quantitative estimate of drug-likeness (QED) is 0.631. The van der Waals surface area contributed by atoms with Gasteiger partial charge in [0.25, 0.3) is 0 Å². The van der Waals surface area contributed by atoms with Gasteiger partial charge in [0.1, 0.15) is 6.10 Å². The zero-order valence-corrected chi connectivity index (χ0v) is 12.0. The fraction of sp³-hybridized carbons (Fsp3) is 0.222. The Labute approximate surface area is 127 Å². The molecule has 0 saturated carbocycles. The summed E-state index contributed by atoms with van der Waals surface area (Å²) in [6, 6.07) is 14.7. The third-order valence-corrected chi connectivity index (χ3v) is 4.43. The molecule has 1 spiro atoms. The highest BCUT2D eigenvalue weighted by Crippen LogP contribution is 2.56. The van der Waals surface area contributed by atoms with Crippen LogP contribution >= 0.6 is 0 Å². The van der Waals surface area contributed by atoms with E-state index in [1.54, 1.807) is 12.1 Å². The summed E-state index contributed by atoms with van der Waals surface area (Å²) in [6.07, 6.45) is 0.380. The summed E-state index contributed by atoms with van der Waals surface area (Å²) < 4.78 is 10.5. The zero-order chi connectivity index (χ0) is 15.3. The normalized spacial score (nSPS) is 25.1. The smallest absolute Gasteiger partial charge is 0.337 e. The maximum absolute atomic E-state index is 12.6. The molecule has 2 unspecified atom stereocenters. The number of hydrogen-bond acceptors (Lipinski definition) is 4. The van der Waals surface area contributed by atoms with E-state index < -0.39 is 5.60 Å². The minimum absolute atomic E-state index is 0.0603. The van der Waals surface area contributed by atoms with E-state index in [1.807, 2.05) is 36.4 Å². The Morgan fingerprint density at radius 2 is 1.91 bits per heavy atom. The van der Waals surface area contributed by atoms with E-state index in [-0.39, 0.29) is 17.9 Å². The topological polar surface area (TPSA) is 55.9 Å². The van der Waals surface area contributed by atoms with Crippen LogP contribution in [0.3, 0.4) is 0 Å². The van der Waals surface area contributed by atoms with Crippen LogP contribution in [-0.4, -0.2) is 24.5 Å². The number of fused-ring (bicyclic) bond motifs is 1. The van der Waals surface area contributed by atoms with Gasteiger partial charge in [-0.2, -0.15) is 0 Å². The lowest BCUT2D eigenvalue weighted by molar-refractivity contribution is 0.0600. The number of epoxide rings is 1. The molecule has 4 nitrogen and oxygen atoms in total. The second-order valence-corrected chi connectivity index (χ2v) is 5.66. The number of rotatable bonds is 2. The minimum atomic E-state index is -0.740. The second kappa shape index (κ2) is 4.52. The van der Waals surface area contributed by atoms with E-state index in [1.165, 1.54) is 7.11 Å². The molecule has 1 saturated heterocycles. The Balaban J connectivity index is 1.60. The predicted octanol–water partition coefficient (Wildman–Crippen LogP) is 2.72. The Morgan fingerprint density at radius 1 is 1.18 bits per heavy atom. The number of carbonyl (C=O) groups is 2. The number of carbonyl (C=O) groups excluding carboxylic acids is 2. The van der Waals surface area contributed by atoms with Crippen molar-refractivity contribution < 1.29 is 19.1 Å². The first-order valence-electron chi connectivity index (χ1n) is 7.14. The van der Waals surface area contributed by atoms with Crippen LogP contribution in [0.4, 0.5) is 0 Å². The van der Waals surface area contributed by atoms with Gasteiger partial charge in [-0.15, -0.1) is 0 Å². The Bertz CT molecular complexity index is 778. The number of esters is 1. The molecule has 110 valence electrons. The minimum Gasteiger partial charge on any atom is -0.465 e. The summed E-state index contributed by atoms with van der Waals surface area (Å²) in [5.74, 6) is -0.313. The average molecular weight is 294 g/mol. The van der Waals surface area contributed by atoms with Gasteiger partial charge in [-0.25, -0.2) is 4.79 Å². The standard InChI is InChI=1S/C18H14O4/c1-21-17(20)12-8-6-11(7-9-12)16-18(22-16)10-13-4-2-3-5-14(13)15(18)19/h2-9,16H,10H2,1H3. The number of ether oxygens (including phenoxy) is 2. The molecule has 1 heterocycles. The van der Waals surface area contributed by atoms with Crippen molar-refractivity contribution in [2.75, 3.05) is 7.11 Å². The maximum Gasteiger partial charge on any atom is 0.337 e. The highest BCUT2D eigenvalue weighted by atomic mass is 16.6. The summed E-state index contributed by atoms with van der Waals surface area (Å²) in [5, 5.41) is 0. The number of benzene rings is 2. The molecule has 1 aliphatic heterocycles. The SMILES string of the molecule is COC(=O)c1ccc(C2OC23Cc2ccccc2C3=O)cc1. The first-order chi connectivity index (χ1) is 10.7. The molecular weight excluding hydrogens is 280 g/mol. The van der Waals surface area contributed by atoms with Crippen LogP contribution < -0.4 is 0 Å². The van der Waals surface area contributed by atoms with Crippen LogP contribution in [-0.2, 0) is 15.9 Å². The van der Waals surface area contributed by atoms with Crippen LogP contribution in [0.25, 0.3) is 0 Å². The Hall–Kier alpha value is -2.46. The van der Waals surface area contributed by atoms with E-state index in [0.717, 1.165) is 16.7 Å². The molecule has 0 bridgehead atoms. The lowest BCUT2D eigenvalue weighted by Gasteiger charge is -2.03. The molecule has 0 aromatic heterocycles. The molecule has 4 heteroatoms. The van der Waals surface area contributed by atoms with E-state index in [2.05, 4.69) is 4.74 Å². The summed E-state index contributed by atoms with van der Waals surface area (Å²) in [4.78, 5) is 24.0. The lowest BCUT2D eigenvalue weighted by atomic mass is 9.95. The molecule has 2 aromatic rings. The lowest BCUT2D eigenvalue weighted by Crippen LogP contribution is -2.20. The van der Waals surface area contributed by atoms with Crippen LogP contribution in [0.1, 0.15) is 37.9 Å². The molecule has 2 aliphatic rings. The Kier molecular flexibility index (Phi) is 2.71. The summed E-state index contributed by atoms with van der Waals surface area (Å²) >= 11 is 0. The van der Waals surface area contributed by atoms with Crippen LogP contribution in [0.15, 0.2) is 48.5 Å². The van der Waals surface area contributed by atoms with Crippen molar-refractivity contribution in [3.05, 3.63) is 70.8 Å². The summed E-state index contributed by atoms with van der Waals surface area (Å²) in [7, 11) is 1.35. The van der Waals surface area contributed by atoms with Crippen molar-refractivity contribution in [1.29, 1.82) is 0 Å². The average Bonchev–Trinajstić information content (AvgIpc) is 3.22. The van der Waals surface area contributed by atoms with Crippen molar-refractivity contribution in [3.8, 4) is 0 Å². The van der Waals surface area contributed by atoms with Gasteiger partial charge < -0.3 is 9.47 Å². The maximum atomic E-state index is 12.6. The van der Waals surface area contributed by atoms with Crippen molar-refractivity contribution in [2.45, 2.75) is 18.1 Å². The molecule has 4 rings (SSSR count). The summed E-state index contributed by atoms with van der Waals surface area (Å²) in [6.45, 7) is 0. The second-order valence-electron chi connectivity index (χ2n) is 5.66. The van der Waals surface area contributed by atoms with Gasteiger partial charge in [-0.3, -0.25) is 4.79 Å². The van der Waals surface area contributed by atoms with Gasteiger partial charge >= 0.3 is 5.97 Å². The van der Waals surface area contributed by atoms with Gasteiger partial charge in [0, 0.05) is 12.0 Å². The molecule has 0 radical (unpaired) electrons. The molecule has 2 aromatic carbocycles. The first-order valence-corrected chi connectivity index (χ1v) is 7.14. The number of Topliss-reactive ketones (excluding diaryl/α,β-unsaturated/α-hetero) is 1. The van der Waals surface area contributed by atoms with Crippen LogP contribution in [0.2, 0.25) is 0 Å². The number of hydrogen-bond donors (Lipinski definition) is 0. The van der Waals surface area contributed by atoms with E-state index >= 15 is 0 Å². The van der Waals surface area contributed by atoms with Crippen molar-refractivity contribution >= 4 is 11.8 Å². The molecule has 1 aliphatic carbocycles. The van der Waals surface area contributed by atoms with Crippen molar-refractivity contribution in [2.24, 2.45) is 0 Å². The predicted molar refractivity (Wildman–Crippen MR) is 78.8 cm³/mol. The van der Waals surface area contributed by atoms with Crippen LogP contribution in [0.5, 0.6) is 0 Å². The zero-order valence-electron chi connectivity index (χ0n) is 12.0. The largest absolute Gasteiger partial charge is 0.465 e. The molecule has 1 fully saturated rings. The number of ketones is 1. The highest BCUT2D eigenvalue weighted by molar-refractivity contribution is 6.09. The summed E-state index contributed by atoms with van der Waals surface area (Å²) in [5.41, 5.74) is 2.46.